The fourth-order valence-corrected chi connectivity index (χ4v) is 2.42. The first-order chi connectivity index (χ1) is 8.27. The maximum atomic E-state index is 12.0. The standard InChI is InChI=1S/C12H24N2O2S/c1-16-8-7-14(12(15)5-9-17-2)10-11-4-3-6-13-11/h11,13H,3-10H2,1-2H3. The van der Waals surface area contributed by atoms with Crippen LogP contribution < -0.4 is 5.32 Å². The molecule has 1 fully saturated rings. The Kier molecular flexibility index (Phi) is 7.64. The van der Waals surface area contributed by atoms with E-state index in [1.807, 2.05) is 11.2 Å². The van der Waals surface area contributed by atoms with Gasteiger partial charge in [0.25, 0.3) is 0 Å². The normalized spacial score (nSPS) is 19.5. The second-order valence-electron chi connectivity index (χ2n) is 4.37. The second kappa shape index (κ2) is 8.78. The van der Waals surface area contributed by atoms with Gasteiger partial charge in [0.15, 0.2) is 0 Å². The van der Waals surface area contributed by atoms with Crippen LogP contribution in [0.4, 0.5) is 0 Å². The van der Waals surface area contributed by atoms with Crippen molar-refractivity contribution in [3.63, 3.8) is 0 Å². The second-order valence-corrected chi connectivity index (χ2v) is 5.35. The fourth-order valence-electron chi connectivity index (χ4n) is 2.05. The van der Waals surface area contributed by atoms with Crippen LogP contribution in [0.1, 0.15) is 19.3 Å². The Balaban J connectivity index is 2.37. The number of carbonyl (C=O) groups is 1. The van der Waals surface area contributed by atoms with Crippen molar-refractivity contribution < 1.29 is 9.53 Å². The van der Waals surface area contributed by atoms with Crippen LogP contribution >= 0.6 is 11.8 Å². The van der Waals surface area contributed by atoms with Gasteiger partial charge in [0, 0.05) is 38.4 Å². The van der Waals surface area contributed by atoms with Crippen LogP contribution in [0, 0.1) is 0 Å². The van der Waals surface area contributed by atoms with Gasteiger partial charge in [0.2, 0.25) is 5.91 Å². The minimum Gasteiger partial charge on any atom is -0.383 e. The molecule has 1 rings (SSSR count). The minimum atomic E-state index is 0.255. The lowest BCUT2D eigenvalue weighted by Crippen LogP contribution is -2.42. The van der Waals surface area contributed by atoms with Gasteiger partial charge in [0.05, 0.1) is 6.61 Å². The molecule has 1 heterocycles. The highest BCUT2D eigenvalue weighted by atomic mass is 32.2. The Morgan fingerprint density at radius 1 is 1.59 bits per heavy atom. The number of rotatable bonds is 8. The van der Waals surface area contributed by atoms with Gasteiger partial charge in [-0.3, -0.25) is 4.79 Å². The highest BCUT2D eigenvalue weighted by molar-refractivity contribution is 7.98. The molecule has 0 aromatic carbocycles. The van der Waals surface area contributed by atoms with Crippen LogP contribution in [0.15, 0.2) is 0 Å². The maximum Gasteiger partial charge on any atom is 0.223 e. The molecule has 0 radical (unpaired) electrons. The highest BCUT2D eigenvalue weighted by Gasteiger charge is 2.20. The molecule has 0 spiro atoms. The van der Waals surface area contributed by atoms with Crippen molar-refractivity contribution in [1.29, 1.82) is 0 Å². The molecule has 1 amide bonds. The molecule has 1 aliphatic heterocycles. The van der Waals surface area contributed by atoms with Gasteiger partial charge >= 0.3 is 0 Å². The summed E-state index contributed by atoms with van der Waals surface area (Å²) in [6.07, 6.45) is 5.07. The molecule has 1 saturated heterocycles. The van der Waals surface area contributed by atoms with E-state index in [2.05, 4.69) is 5.32 Å². The van der Waals surface area contributed by atoms with Gasteiger partial charge in [-0.2, -0.15) is 11.8 Å². The van der Waals surface area contributed by atoms with E-state index in [1.165, 1.54) is 12.8 Å². The number of carbonyl (C=O) groups excluding carboxylic acids is 1. The summed E-state index contributed by atoms with van der Waals surface area (Å²) in [4.78, 5) is 14.0. The van der Waals surface area contributed by atoms with Gasteiger partial charge in [0.1, 0.15) is 0 Å². The Morgan fingerprint density at radius 2 is 2.41 bits per heavy atom. The molecule has 100 valence electrons. The SMILES string of the molecule is COCCN(CC1CCCN1)C(=O)CCSC. The molecule has 0 bridgehead atoms. The lowest BCUT2D eigenvalue weighted by atomic mass is 10.2. The zero-order chi connectivity index (χ0) is 12.5. The van der Waals surface area contributed by atoms with Crippen molar-refractivity contribution in [2.75, 3.05) is 45.4 Å². The zero-order valence-corrected chi connectivity index (χ0v) is 11.7. The summed E-state index contributed by atoms with van der Waals surface area (Å²) in [5.41, 5.74) is 0. The van der Waals surface area contributed by atoms with E-state index in [-0.39, 0.29) is 5.91 Å². The van der Waals surface area contributed by atoms with Crippen molar-refractivity contribution in [3.8, 4) is 0 Å². The molecule has 5 heteroatoms. The molecule has 1 unspecified atom stereocenters. The van der Waals surface area contributed by atoms with Gasteiger partial charge in [-0.15, -0.1) is 0 Å². The van der Waals surface area contributed by atoms with Crippen molar-refractivity contribution >= 4 is 17.7 Å². The van der Waals surface area contributed by atoms with Crippen molar-refractivity contribution in [1.82, 2.24) is 10.2 Å². The summed E-state index contributed by atoms with van der Waals surface area (Å²) in [6.45, 7) is 3.25. The quantitative estimate of drug-likeness (QED) is 0.706. The van der Waals surface area contributed by atoms with Crippen LogP contribution in [0.25, 0.3) is 0 Å². The van der Waals surface area contributed by atoms with E-state index in [4.69, 9.17) is 4.74 Å². The average molecular weight is 260 g/mol. The van der Waals surface area contributed by atoms with E-state index in [1.54, 1.807) is 18.9 Å². The topological polar surface area (TPSA) is 41.6 Å². The van der Waals surface area contributed by atoms with E-state index in [0.29, 0.717) is 25.6 Å². The Labute approximate surface area is 108 Å². The van der Waals surface area contributed by atoms with Crippen LogP contribution in [-0.4, -0.2) is 62.2 Å². The molecule has 1 atom stereocenters. The molecule has 1 N–H and O–H groups in total. The fraction of sp³-hybridized carbons (Fsp3) is 0.917. The summed E-state index contributed by atoms with van der Waals surface area (Å²) in [5.74, 6) is 1.16. The predicted octanol–water partition coefficient (Wildman–Crippen LogP) is 0.966. The van der Waals surface area contributed by atoms with E-state index < -0.39 is 0 Å². The molecular weight excluding hydrogens is 236 g/mol. The first kappa shape index (κ1) is 14.8. The summed E-state index contributed by atoms with van der Waals surface area (Å²) in [6, 6.07) is 0.477. The number of hydrogen-bond acceptors (Lipinski definition) is 4. The summed E-state index contributed by atoms with van der Waals surface area (Å²) >= 11 is 1.72. The number of nitrogens with one attached hydrogen (secondary N) is 1. The third kappa shape index (κ3) is 5.75. The Morgan fingerprint density at radius 3 is 3.00 bits per heavy atom. The molecular formula is C12H24N2O2S. The van der Waals surface area contributed by atoms with Crippen LogP contribution in [0.3, 0.4) is 0 Å². The molecule has 0 aliphatic carbocycles. The zero-order valence-electron chi connectivity index (χ0n) is 10.9. The lowest BCUT2D eigenvalue weighted by Gasteiger charge is -2.25. The molecule has 4 nitrogen and oxygen atoms in total. The average Bonchev–Trinajstić information content (AvgIpc) is 2.84. The maximum absolute atomic E-state index is 12.0. The summed E-state index contributed by atoms with van der Waals surface area (Å²) in [7, 11) is 1.68. The first-order valence-corrected chi connectivity index (χ1v) is 7.66. The number of amides is 1. The molecule has 0 aromatic rings. The van der Waals surface area contributed by atoms with Crippen LogP contribution in [-0.2, 0) is 9.53 Å². The summed E-state index contributed by atoms with van der Waals surface area (Å²) in [5, 5.41) is 3.43. The number of ether oxygens (including phenoxy) is 1. The number of hydrogen-bond donors (Lipinski definition) is 1. The third-order valence-electron chi connectivity index (χ3n) is 3.04. The molecule has 0 aromatic heterocycles. The monoisotopic (exact) mass is 260 g/mol. The smallest absolute Gasteiger partial charge is 0.223 e. The van der Waals surface area contributed by atoms with E-state index in [0.717, 1.165) is 18.8 Å². The molecule has 17 heavy (non-hydrogen) atoms. The van der Waals surface area contributed by atoms with E-state index >= 15 is 0 Å². The van der Waals surface area contributed by atoms with Gasteiger partial charge in [-0.05, 0) is 25.6 Å². The van der Waals surface area contributed by atoms with Crippen molar-refractivity contribution in [2.24, 2.45) is 0 Å². The number of methoxy groups -OCH3 is 1. The van der Waals surface area contributed by atoms with Crippen LogP contribution in [0.2, 0.25) is 0 Å². The Hall–Kier alpha value is -0.260. The predicted molar refractivity (Wildman–Crippen MR) is 72.5 cm³/mol. The lowest BCUT2D eigenvalue weighted by molar-refractivity contribution is -0.131. The largest absolute Gasteiger partial charge is 0.383 e. The molecule has 0 saturated carbocycles. The van der Waals surface area contributed by atoms with Gasteiger partial charge < -0.3 is 15.0 Å². The van der Waals surface area contributed by atoms with Crippen molar-refractivity contribution in [2.45, 2.75) is 25.3 Å². The number of thioether (sulfide) groups is 1. The molecule has 1 aliphatic rings. The Bertz CT molecular complexity index is 221. The van der Waals surface area contributed by atoms with Crippen molar-refractivity contribution in [3.05, 3.63) is 0 Å². The summed E-state index contributed by atoms with van der Waals surface area (Å²) < 4.78 is 5.07. The van der Waals surface area contributed by atoms with Crippen LogP contribution in [0.5, 0.6) is 0 Å². The minimum absolute atomic E-state index is 0.255. The number of nitrogens with zero attached hydrogens (tertiary/aromatic N) is 1. The van der Waals surface area contributed by atoms with E-state index in [9.17, 15) is 4.79 Å². The first-order valence-electron chi connectivity index (χ1n) is 6.27. The van der Waals surface area contributed by atoms with Gasteiger partial charge in [-0.1, -0.05) is 0 Å². The third-order valence-corrected chi connectivity index (χ3v) is 3.65. The highest BCUT2D eigenvalue weighted by Crippen LogP contribution is 2.09. The van der Waals surface area contributed by atoms with Gasteiger partial charge in [-0.25, -0.2) is 0 Å².